The van der Waals surface area contributed by atoms with Gasteiger partial charge in [0.15, 0.2) is 5.11 Å². The van der Waals surface area contributed by atoms with E-state index in [1.807, 2.05) is 24.3 Å². The molecule has 3 aromatic rings. The molecule has 7 heteroatoms. The van der Waals surface area contributed by atoms with Crippen LogP contribution < -0.4 is 10.1 Å². The van der Waals surface area contributed by atoms with Crippen molar-refractivity contribution in [1.29, 1.82) is 0 Å². The maximum Gasteiger partial charge on any atom is 0.258 e. The molecular weight excluding hydrogens is 444 g/mol. The van der Waals surface area contributed by atoms with E-state index in [4.69, 9.17) is 26.5 Å². The third-order valence-corrected chi connectivity index (χ3v) is 6.57. The molecule has 1 N–H and O–H groups in total. The summed E-state index contributed by atoms with van der Waals surface area (Å²) in [5.41, 5.74) is 5.23. The number of rotatable bonds is 8. The van der Waals surface area contributed by atoms with Crippen molar-refractivity contribution in [3.8, 4) is 17.1 Å². The maximum atomic E-state index is 5.84. The zero-order valence-corrected chi connectivity index (χ0v) is 21.3. The van der Waals surface area contributed by atoms with E-state index in [1.54, 1.807) is 7.11 Å². The van der Waals surface area contributed by atoms with Crippen molar-refractivity contribution in [3.05, 3.63) is 71.2 Å². The summed E-state index contributed by atoms with van der Waals surface area (Å²) in [7, 11) is 1.64. The van der Waals surface area contributed by atoms with Gasteiger partial charge in [-0.1, -0.05) is 62.3 Å². The molecule has 1 aliphatic heterocycles. The van der Waals surface area contributed by atoms with Gasteiger partial charge in [0.2, 0.25) is 5.82 Å². The van der Waals surface area contributed by atoms with E-state index < -0.39 is 0 Å². The number of methoxy groups -OCH3 is 1. The SMILES string of the molecule is CCc1ccc(C2NC(=S)N(CCC(C)C)C(C)=C2c2nc(-c3cccc(OC)c3)no2)cc1. The highest BCUT2D eigenvalue weighted by Crippen LogP contribution is 2.38. The van der Waals surface area contributed by atoms with Crippen molar-refractivity contribution in [3.63, 3.8) is 0 Å². The Hall–Kier alpha value is -3.19. The molecule has 4 rings (SSSR count). The van der Waals surface area contributed by atoms with Crippen LogP contribution in [-0.4, -0.2) is 33.8 Å². The van der Waals surface area contributed by atoms with Crippen LogP contribution in [0.5, 0.6) is 5.75 Å². The molecule has 2 aromatic carbocycles. The molecule has 0 saturated heterocycles. The van der Waals surface area contributed by atoms with Crippen LogP contribution in [0, 0.1) is 5.92 Å². The van der Waals surface area contributed by atoms with Crippen LogP contribution in [0.4, 0.5) is 0 Å². The lowest BCUT2D eigenvalue weighted by atomic mass is 9.93. The minimum absolute atomic E-state index is 0.174. The first kappa shape index (κ1) is 24.0. The van der Waals surface area contributed by atoms with E-state index in [-0.39, 0.29) is 6.04 Å². The van der Waals surface area contributed by atoms with Crippen LogP contribution in [-0.2, 0) is 6.42 Å². The number of aromatic nitrogens is 2. The molecule has 0 aliphatic carbocycles. The molecule has 0 bridgehead atoms. The average Bonchev–Trinajstić information content (AvgIpc) is 3.33. The summed E-state index contributed by atoms with van der Waals surface area (Å²) in [6, 6.07) is 16.1. The van der Waals surface area contributed by atoms with E-state index in [2.05, 4.69) is 67.3 Å². The van der Waals surface area contributed by atoms with E-state index in [0.717, 1.165) is 52.6 Å². The predicted octanol–water partition coefficient (Wildman–Crippen LogP) is 6.02. The van der Waals surface area contributed by atoms with Gasteiger partial charge >= 0.3 is 0 Å². The Morgan fingerprint density at radius 2 is 1.94 bits per heavy atom. The number of benzene rings is 2. The standard InChI is InChI=1S/C27H32N4O2S/c1-6-19-10-12-20(13-11-19)24-23(18(4)31(27(34)28-24)15-14-17(2)3)26-29-25(30-33-26)21-8-7-9-22(16-21)32-5/h7-13,16-17,24H,6,14-15H2,1-5H3,(H,28,34). The largest absolute Gasteiger partial charge is 0.497 e. The average molecular weight is 477 g/mol. The molecule has 1 atom stereocenters. The van der Waals surface area contributed by atoms with Crippen LogP contribution in [0.3, 0.4) is 0 Å². The Morgan fingerprint density at radius 3 is 2.62 bits per heavy atom. The van der Waals surface area contributed by atoms with E-state index in [1.165, 1.54) is 5.56 Å². The van der Waals surface area contributed by atoms with Gasteiger partial charge < -0.3 is 19.5 Å². The number of aryl methyl sites for hydroxylation is 1. The molecule has 0 amide bonds. The van der Waals surface area contributed by atoms with Gasteiger partial charge in [-0.05, 0) is 61.2 Å². The summed E-state index contributed by atoms with van der Waals surface area (Å²) in [6.45, 7) is 9.51. The van der Waals surface area contributed by atoms with E-state index >= 15 is 0 Å². The first-order valence-corrected chi connectivity index (χ1v) is 12.2. The Kier molecular flexibility index (Phi) is 7.32. The van der Waals surface area contributed by atoms with Crippen LogP contribution >= 0.6 is 12.2 Å². The van der Waals surface area contributed by atoms with Gasteiger partial charge in [-0.15, -0.1) is 0 Å². The Balaban J connectivity index is 1.77. The van der Waals surface area contributed by atoms with Gasteiger partial charge in [0.25, 0.3) is 5.89 Å². The third-order valence-electron chi connectivity index (χ3n) is 6.23. The Bertz CT molecular complexity index is 1180. The first-order valence-electron chi connectivity index (χ1n) is 11.8. The lowest BCUT2D eigenvalue weighted by molar-refractivity contribution is 0.390. The Morgan fingerprint density at radius 1 is 1.18 bits per heavy atom. The zero-order valence-electron chi connectivity index (χ0n) is 20.5. The fourth-order valence-electron chi connectivity index (χ4n) is 4.12. The summed E-state index contributed by atoms with van der Waals surface area (Å²) in [5, 5.41) is 8.55. The quantitative estimate of drug-likeness (QED) is 0.399. The van der Waals surface area contributed by atoms with Crippen LogP contribution in [0.15, 0.2) is 58.8 Å². The second-order valence-electron chi connectivity index (χ2n) is 8.97. The van der Waals surface area contributed by atoms with E-state index in [9.17, 15) is 0 Å². The van der Waals surface area contributed by atoms with Crippen LogP contribution in [0.25, 0.3) is 17.0 Å². The molecule has 6 nitrogen and oxygen atoms in total. The van der Waals surface area contributed by atoms with Gasteiger partial charge in [-0.25, -0.2) is 0 Å². The van der Waals surface area contributed by atoms with Crippen LogP contribution in [0.2, 0.25) is 0 Å². The molecule has 0 spiro atoms. The minimum Gasteiger partial charge on any atom is -0.497 e. The highest BCUT2D eigenvalue weighted by molar-refractivity contribution is 7.80. The molecule has 1 unspecified atom stereocenters. The molecular formula is C27H32N4O2S. The monoisotopic (exact) mass is 476 g/mol. The number of ether oxygens (including phenoxy) is 1. The van der Waals surface area contributed by atoms with Crippen molar-refractivity contribution < 1.29 is 9.26 Å². The number of hydrogen-bond donors (Lipinski definition) is 1. The minimum atomic E-state index is -0.174. The van der Waals surface area contributed by atoms with Crippen molar-refractivity contribution in [2.45, 2.75) is 46.6 Å². The van der Waals surface area contributed by atoms with Crippen molar-refractivity contribution in [2.75, 3.05) is 13.7 Å². The lowest BCUT2D eigenvalue weighted by Crippen LogP contribution is -2.46. The van der Waals surface area contributed by atoms with E-state index in [0.29, 0.717) is 17.6 Å². The second-order valence-corrected chi connectivity index (χ2v) is 9.35. The van der Waals surface area contributed by atoms with Gasteiger partial charge in [-0.2, -0.15) is 4.98 Å². The number of hydrogen-bond acceptors (Lipinski definition) is 5. The number of nitrogens with zero attached hydrogens (tertiary/aromatic N) is 3. The van der Waals surface area contributed by atoms with Crippen LogP contribution in [0.1, 0.15) is 57.2 Å². The van der Waals surface area contributed by atoms with Gasteiger partial charge in [-0.3, -0.25) is 0 Å². The zero-order chi connectivity index (χ0) is 24.2. The number of nitrogens with one attached hydrogen (secondary N) is 1. The molecule has 2 heterocycles. The third kappa shape index (κ3) is 4.99. The summed E-state index contributed by atoms with van der Waals surface area (Å²) < 4.78 is 11.2. The smallest absolute Gasteiger partial charge is 0.258 e. The van der Waals surface area contributed by atoms with Gasteiger partial charge in [0, 0.05) is 17.8 Å². The molecule has 1 aliphatic rings. The normalized spacial score (nSPS) is 16.2. The molecule has 34 heavy (non-hydrogen) atoms. The lowest BCUT2D eigenvalue weighted by Gasteiger charge is -2.37. The highest BCUT2D eigenvalue weighted by Gasteiger charge is 2.34. The number of thiocarbonyl (C=S) groups is 1. The predicted molar refractivity (Wildman–Crippen MR) is 139 cm³/mol. The van der Waals surface area contributed by atoms with Crippen molar-refractivity contribution in [2.24, 2.45) is 5.92 Å². The molecule has 0 saturated carbocycles. The van der Waals surface area contributed by atoms with Crippen molar-refractivity contribution >= 4 is 22.9 Å². The molecule has 0 fully saturated rings. The van der Waals surface area contributed by atoms with Gasteiger partial charge in [0.1, 0.15) is 5.75 Å². The number of allylic oxidation sites excluding steroid dienone is 1. The first-order chi connectivity index (χ1) is 16.4. The molecule has 1 aromatic heterocycles. The fraction of sp³-hybridized carbons (Fsp3) is 0.370. The fourth-order valence-corrected chi connectivity index (χ4v) is 4.47. The summed E-state index contributed by atoms with van der Waals surface area (Å²) in [6.07, 6.45) is 2.02. The molecule has 0 radical (unpaired) electrons. The molecule has 178 valence electrons. The van der Waals surface area contributed by atoms with Gasteiger partial charge in [0.05, 0.1) is 18.7 Å². The highest BCUT2D eigenvalue weighted by atomic mass is 32.1. The second kappa shape index (κ2) is 10.4. The summed E-state index contributed by atoms with van der Waals surface area (Å²) in [5.74, 6) is 2.33. The summed E-state index contributed by atoms with van der Waals surface area (Å²) >= 11 is 5.79. The Labute approximate surface area is 207 Å². The maximum absolute atomic E-state index is 5.84. The topological polar surface area (TPSA) is 63.4 Å². The summed E-state index contributed by atoms with van der Waals surface area (Å²) in [4.78, 5) is 6.94. The van der Waals surface area contributed by atoms with Crippen molar-refractivity contribution in [1.82, 2.24) is 20.4 Å².